The molecular weight excluding hydrogens is 456 g/mol. The van der Waals surface area contributed by atoms with Crippen molar-refractivity contribution in [1.29, 1.82) is 0 Å². The van der Waals surface area contributed by atoms with Gasteiger partial charge in [-0.1, -0.05) is 12.1 Å². The van der Waals surface area contributed by atoms with Crippen molar-refractivity contribution >= 4 is 27.6 Å². The van der Waals surface area contributed by atoms with Crippen molar-refractivity contribution in [1.82, 2.24) is 10.2 Å². The van der Waals surface area contributed by atoms with Crippen LogP contribution in [0.3, 0.4) is 0 Å². The Kier molecular flexibility index (Phi) is 8.65. The molecule has 1 heterocycles. The van der Waals surface area contributed by atoms with E-state index in [1.165, 1.54) is 19.2 Å². The summed E-state index contributed by atoms with van der Waals surface area (Å²) in [4.78, 5) is 28.6. The number of anilines is 1. The second kappa shape index (κ2) is 11.5. The fraction of sp³-hybridized carbons (Fsp3) is 0.417. The summed E-state index contributed by atoms with van der Waals surface area (Å²) < 4.78 is 27.4. The van der Waals surface area contributed by atoms with Crippen LogP contribution in [0.25, 0.3) is 0 Å². The minimum atomic E-state index is -3.70. The summed E-state index contributed by atoms with van der Waals surface area (Å²) in [5.74, 6) is -0.350. The zero-order chi connectivity index (χ0) is 24.7. The lowest BCUT2D eigenvalue weighted by Gasteiger charge is -2.41. The van der Waals surface area contributed by atoms with E-state index in [0.717, 1.165) is 30.9 Å². The van der Waals surface area contributed by atoms with Gasteiger partial charge in [0.1, 0.15) is 0 Å². The Labute approximate surface area is 200 Å². The van der Waals surface area contributed by atoms with Gasteiger partial charge in [0, 0.05) is 50.9 Å². The van der Waals surface area contributed by atoms with Gasteiger partial charge in [-0.25, -0.2) is 18.4 Å². The lowest BCUT2D eigenvalue weighted by atomic mass is 10.1. The number of hydrogen-bond donors (Lipinski definition) is 2. The standard InChI is InChI=1S/C24H32N4O5S/c1-18-17-28(21-7-5-20(6-8-21)24(30)33-2)16-15-27(18)14-12-23(29)26-13-11-19-3-9-22(10-4-19)34(25,31)32/h3-10,18H,11-17H2,1-2H3,(H,26,29)(H2,25,31,32). The van der Waals surface area contributed by atoms with Crippen LogP contribution < -0.4 is 15.4 Å². The maximum Gasteiger partial charge on any atom is 0.337 e. The number of piperazine rings is 1. The first-order valence-electron chi connectivity index (χ1n) is 11.2. The Morgan fingerprint density at radius 3 is 2.35 bits per heavy atom. The maximum atomic E-state index is 12.3. The fourth-order valence-corrected chi connectivity index (χ4v) is 4.53. The topological polar surface area (TPSA) is 122 Å². The minimum absolute atomic E-state index is 0.00538. The number of ether oxygens (including phenoxy) is 1. The van der Waals surface area contributed by atoms with Crippen molar-refractivity contribution in [3.8, 4) is 0 Å². The van der Waals surface area contributed by atoms with E-state index in [-0.39, 0.29) is 16.8 Å². The second-order valence-electron chi connectivity index (χ2n) is 8.41. The molecule has 1 atom stereocenters. The maximum absolute atomic E-state index is 12.3. The summed E-state index contributed by atoms with van der Waals surface area (Å²) in [6.45, 7) is 5.86. The first-order valence-corrected chi connectivity index (χ1v) is 12.8. The highest BCUT2D eigenvalue weighted by molar-refractivity contribution is 7.89. The van der Waals surface area contributed by atoms with E-state index < -0.39 is 10.0 Å². The smallest absolute Gasteiger partial charge is 0.337 e. The molecule has 1 aliphatic rings. The van der Waals surface area contributed by atoms with Crippen molar-refractivity contribution in [3.05, 3.63) is 59.7 Å². The number of nitrogens with two attached hydrogens (primary N) is 1. The van der Waals surface area contributed by atoms with Crippen molar-refractivity contribution in [3.63, 3.8) is 0 Å². The molecule has 1 aliphatic heterocycles. The van der Waals surface area contributed by atoms with Crippen LogP contribution in [0.1, 0.15) is 29.3 Å². The highest BCUT2D eigenvalue weighted by Gasteiger charge is 2.24. The Hall–Kier alpha value is -2.95. The summed E-state index contributed by atoms with van der Waals surface area (Å²) in [5, 5.41) is 8.03. The first kappa shape index (κ1) is 25.7. The number of carbonyl (C=O) groups excluding carboxylic acids is 2. The first-order chi connectivity index (χ1) is 16.2. The lowest BCUT2D eigenvalue weighted by molar-refractivity contribution is -0.121. The Morgan fingerprint density at radius 1 is 1.09 bits per heavy atom. The highest BCUT2D eigenvalue weighted by atomic mass is 32.2. The number of nitrogens with zero attached hydrogens (tertiary/aromatic N) is 2. The van der Waals surface area contributed by atoms with Gasteiger partial charge in [0.15, 0.2) is 0 Å². The third kappa shape index (κ3) is 7.02. The zero-order valence-corrected chi connectivity index (χ0v) is 20.4. The second-order valence-corrected chi connectivity index (χ2v) is 9.97. The minimum Gasteiger partial charge on any atom is -0.465 e. The number of sulfonamides is 1. The number of esters is 1. The molecule has 184 valence electrons. The molecule has 2 aromatic rings. The molecule has 1 fully saturated rings. The van der Waals surface area contributed by atoms with Crippen LogP contribution in [0.15, 0.2) is 53.4 Å². The summed E-state index contributed by atoms with van der Waals surface area (Å²) in [6, 6.07) is 14.1. The van der Waals surface area contributed by atoms with Crippen LogP contribution in [-0.2, 0) is 26.0 Å². The molecule has 1 amide bonds. The molecule has 0 aliphatic carbocycles. The number of amides is 1. The molecule has 0 saturated carbocycles. The van der Waals surface area contributed by atoms with Gasteiger partial charge < -0.3 is 15.0 Å². The predicted molar refractivity (Wildman–Crippen MR) is 130 cm³/mol. The van der Waals surface area contributed by atoms with Crippen LogP contribution in [-0.4, -0.2) is 71.1 Å². The van der Waals surface area contributed by atoms with Gasteiger partial charge in [-0.15, -0.1) is 0 Å². The SMILES string of the molecule is COC(=O)c1ccc(N2CCN(CCC(=O)NCCc3ccc(S(N)(=O)=O)cc3)C(C)C2)cc1. The number of hydrogen-bond acceptors (Lipinski definition) is 7. The molecule has 0 radical (unpaired) electrons. The van der Waals surface area contributed by atoms with Crippen molar-refractivity contribution < 1.29 is 22.7 Å². The molecule has 3 N–H and O–H groups in total. The van der Waals surface area contributed by atoms with Crippen LogP contribution in [0.5, 0.6) is 0 Å². The Bertz CT molecular complexity index is 1090. The summed E-state index contributed by atoms with van der Waals surface area (Å²) in [7, 11) is -2.33. The van der Waals surface area contributed by atoms with E-state index in [2.05, 4.69) is 22.0 Å². The third-order valence-electron chi connectivity index (χ3n) is 6.03. The molecule has 10 heteroatoms. The van der Waals surface area contributed by atoms with Gasteiger partial charge in [-0.3, -0.25) is 9.69 Å². The zero-order valence-electron chi connectivity index (χ0n) is 19.6. The molecule has 1 saturated heterocycles. The van der Waals surface area contributed by atoms with Crippen molar-refractivity contribution in [2.45, 2.75) is 30.7 Å². The molecule has 34 heavy (non-hydrogen) atoms. The average molecular weight is 489 g/mol. The molecular formula is C24H32N4O5S. The molecule has 3 rings (SSSR count). The van der Waals surface area contributed by atoms with Crippen molar-refractivity contribution in [2.75, 3.05) is 44.7 Å². The summed E-state index contributed by atoms with van der Waals surface area (Å²) in [5.41, 5.74) is 2.52. The van der Waals surface area contributed by atoms with E-state index in [9.17, 15) is 18.0 Å². The van der Waals surface area contributed by atoms with E-state index in [0.29, 0.717) is 37.5 Å². The molecule has 2 aromatic carbocycles. The summed E-state index contributed by atoms with van der Waals surface area (Å²) >= 11 is 0. The van der Waals surface area contributed by atoms with Gasteiger partial charge in [-0.05, 0) is 55.3 Å². The van der Waals surface area contributed by atoms with E-state index >= 15 is 0 Å². The lowest BCUT2D eigenvalue weighted by Crippen LogP contribution is -2.52. The van der Waals surface area contributed by atoms with Crippen LogP contribution in [0.4, 0.5) is 5.69 Å². The van der Waals surface area contributed by atoms with E-state index in [1.54, 1.807) is 24.3 Å². The van der Waals surface area contributed by atoms with Gasteiger partial charge in [0.2, 0.25) is 15.9 Å². The number of carbonyl (C=O) groups is 2. The molecule has 9 nitrogen and oxygen atoms in total. The Balaban J connectivity index is 1.39. The van der Waals surface area contributed by atoms with Crippen LogP contribution in [0, 0.1) is 0 Å². The fourth-order valence-electron chi connectivity index (χ4n) is 4.01. The number of primary sulfonamides is 1. The summed E-state index contributed by atoms with van der Waals surface area (Å²) in [6.07, 6.45) is 1.03. The van der Waals surface area contributed by atoms with Crippen molar-refractivity contribution in [2.24, 2.45) is 5.14 Å². The number of benzene rings is 2. The molecule has 0 aromatic heterocycles. The van der Waals surface area contributed by atoms with Gasteiger partial charge >= 0.3 is 5.97 Å². The Morgan fingerprint density at radius 2 is 1.76 bits per heavy atom. The largest absolute Gasteiger partial charge is 0.465 e. The number of rotatable bonds is 9. The monoisotopic (exact) mass is 488 g/mol. The van der Waals surface area contributed by atoms with Crippen LogP contribution >= 0.6 is 0 Å². The quantitative estimate of drug-likeness (QED) is 0.511. The van der Waals surface area contributed by atoms with Gasteiger partial charge in [-0.2, -0.15) is 0 Å². The van der Waals surface area contributed by atoms with E-state index in [4.69, 9.17) is 9.88 Å². The van der Waals surface area contributed by atoms with E-state index in [1.807, 2.05) is 12.1 Å². The average Bonchev–Trinajstić information content (AvgIpc) is 2.82. The van der Waals surface area contributed by atoms with Crippen LogP contribution in [0.2, 0.25) is 0 Å². The highest BCUT2D eigenvalue weighted by Crippen LogP contribution is 2.20. The molecule has 0 spiro atoms. The molecule has 0 bridgehead atoms. The van der Waals surface area contributed by atoms with Gasteiger partial charge in [0.25, 0.3) is 0 Å². The third-order valence-corrected chi connectivity index (χ3v) is 6.96. The predicted octanol–water partition coefficient (Wildman–Crippen LogP) is 1.38. The molecule has 1 unspecified atom stereocenters. The number of methoxy groups -OCH3 is 1. The van der Waals surface area contributed by atoms with Gasteiger partial charge in [0.05, 0.1) is 17.6 Å². The normalized spacial score (nSPS) is 16.8. The number of nitrogens with one attached hydrogen (secondary N) is 1.